The summed E-state index contributed by atoms with van der Waals surface area (Å²) in [7, 11) is 0. The van der Waals surface area contributed by atoms with E-state index in [2.05, 4.69) is 5.32 Å². The summed E-state index contributed by atoms with van der Waals surface area (Å²) in [4.78, 5) is 24.9. The summed E-state index contributed by atoms with van der Waals surface area (Å²) < 4.78 is 0. The van der Waals surface area contributed by atoms with Crippen LogP contribution >= 0.6 is 24.0 Å². The maximum absolute atomic E-state index is 12.6. The maximum Gasteiger partial charge on any atom is 0.283 e. The molecule has 120 valence electrons. The molecular weight excluding hydrogens is 329 g/mol. The Balaban J connectivity index is 0.00000176. The lowest BCUT2D eigenvalue weighted by Crippen LogP contribution is -2.47. The van der Waals surface area contributed by atoms with E-state index in [1.807, 2.05) is 0 Å². The van der Waals surface area contributed by atoms with Crippen LogP contribution in [0, 0.1) is 16.0 Å². The van der Waals surface area contributed by atoms with Crippen LogP contribution in [0.5, 0.6) is 0 Å². The van der Waals surface area contributed by atoms with Gasteiger partial charge in [0.25, 0.3) is 11.6 Å². The zero-order valence-electron chi connectivity index (χ0n) is 11.8. The molecule has 0 bridgehead atoms. The molecule has 0 aliphatic carbocycles. The molecule has 2 aliphatic rings. The van der Waals surface area contributed by atoms with Crippen molar-refractivity contribution in [3.05, 3.63) is 38.9 Å². The average Bonchev–Trinajstić information content (AvgIpc) is 2.93. The second-order valence-electron chi connectivity index (χ2n) is 5.57. The molecule has 22 heavy (non-hydrogen) atoms. The Bertz CT molecular complexity index is 597. The quantitative estimate of drug-likeness (QED) is 0.659. The number of likely N-dealkylation sites (tertiary alicyclic amines) is 1. The second kappa shape index (κ2) is 6.81. The topological polar surface area (TPSA) is 75.5 Å². The van der Waals surface area contributed by atoms with Gasteiger partial charge in [0, 0.05) is 30.2 Å². The Morgan fingerprint density at radius 2 is 2.18 bits per heavy atom. The number of nitrogens with one attached hydrogen (secondary N) is 1. The van der Waals surface area contributed by atoms with E-state index in [9.17, 15) is 14.9 Å². The van der Waals surface area contributed by atoms with Crippen molar-refractivity contribution in [3.63, 3.8) is 0 Å². The molecule has 3 rings (SSSR count). The van der Waals surface area contributed by atoms with Gasteiger partial charge < -0.3 is 10.2 Å². The normalized spacial score (nSPS) is 23.6. The van der Waals surface area contributed by atoms with Gasteiger partial charge in [0.2, 0.25) is 0 Å². The highest BCUT2D eigenvalue weighted by Gasteiger charge is 2.36. The minimum absolute atomic E-state index is 0. The van der Waals surface area contributed by atoms with Crippen LogP contribution in [0.1, 0.15) is 23.2 Å². The molecule has 2 fully saturated rings. The van der Waals surface area contributed by atoms with Crippen LogP contribution < -0.4 is 5.32 Å². The summed E-state index contributed by atoms with van der Waals surface area (Å²) in [5.74, 6) is 0.178. The number of halogens is 2. The van der Waals surface area contributed by atoms with Crippen LogP contribution in [0.2, 0.25) is 5.02 Å². The number of benzene rings is 1. The number of rotatable bonds is 2. The van der Waals surface area contributed by atoms with E-state index in [0.717, 1.165) is 19.4 Å². The van der Waals surface area contributed by atoms with E-state index in [1.54, 1.807) is 4.90 Å². The van der Waals surface area contributed by atoms with Gasteiger partial charge in [-0.25, -0.2) is 0 Å². The van der Waals surface area contributed by atoms with Crippen molar-refractivity contribution >= 4 is 35.6 Å². The van der Waals surface area contributed by atoms with Crippen LogP contribution in [0.3, 0.4) is 0 Å². The summed E-state index contributed by atoms with van der Waals surface area (Å²) >= 11 is 5.79. The Morgan fingerprint density at radius 3 is 2.91 bits per heavy atom. The third-order valence-corrected chi connectivity index (χ3v) is 4.56. The van der Waals surface area contributed by atoms with E-state index in [1.165, 1.54) is 18.2 Å². The molecule has 1 amide bonds. The molecule has 6 nitrogen and oxygen atoms in total. The third-order valence-electron chi connectivity index (χ3n) is 4.33. The predicted octanol–water partition coefficient (Wildman–Crippen LogP) is 2.49. The molecular formula is C14H17Cl2N3O3. The van der Waals surface area contributed by atoms with E-state index >= 15 is 0 Å². The highest BCUT2D eigenvalue weighted by atomic mass is 35.5. The Hall–Kier alpha value is -1.37. The zero-order chi connectivity index (χ0) is 15.0. The van der Waals surface area contributed by atoms with Crippen molar-refractivity contribution in [2.45, 2.75) is 18.9 Å². The van der Waals surface area contributed by atoms with Gasteiger partial charge in [0.05, 0.1) is 4.92 Å². The molecule has 0 saturated carbocycles. The smallest absolute Gasteiger partial charge is 0.283 e. The van der Waals surface area contributed by atoms with Crippen molar-refractivity contribution in [2.24, 2.45) is 5.92 Å². The standard InChI is InChI=1S/C14H16ClN3O3.ClH/c15-10-1-2-11(13(7-10)18(20)21)14(19)17-6-4-12-9(8-17)3-5-16-12;/h1-2,7,9,12,16H,3-6,8H2;1H. The van der Waals surface area contributed by atoms with Gasteiger partial charge in [-0.15, -0.1) is 12.4 Å². The number of fused-ring (bicyclic) bond motifs is 1. The first-order valence-corrected chi connectivity index (χ1v) is 7.40. The number of nitrogens with zero attached hydrogens (tertiary/aromatic N) is 2. The van der Waals surface area contributed by atoms with Gasteiger partial charge >= 0.3 is 0 Å². The third kappa shape index (κ3) is 3.19. The lowest BCUT2D eigenvalue weighted by molar-refractivity contribution is -0.385. The summed E-state index contributed by atoms with van der Waals surface area (Å²) in [6.07, 6.45) is 1.95. The fraction of sp³-hybridized carbons (Fsp3) is 0.500. The number of piperidine rings is 1. The van der Waals surface area contributed by atoms with E-state index < -0.39 is 4.92 Å². The highest BCUT2D eigenvalue weighted by molar-refractivity contribution is 6.31. The van der Waals surface area contributed by atoms with Gasteiger partial charge in [0.1, 0.15) is 5.56 Å². The largest absolute Gasteiger partial charge is 0.338 e. The first kappa shape index (κ1) is 17.0. The molecule has 2 heterocycles. The van der Waals surface area contributed by atoms with Gasteiger partial charge in [-0.2, -0.15) is 0 Å². The van der Waals surface area contributed by atoms with Gasteiger partial charge in [-0.3, -0.25) is 14.9 Å². The SMILES string of the molecule is Cl.O=C(c1ccc(Cl)cc1[N+](=O)[O-])N1CCC2NCCC2C1. The van der Waals surface area contributed by atoms with Crippen molar-refractivity contribution in [1.29, 1.82) is 0 Å². The Kier molecular flexibility index (Phi) is 5.26. The van der Waals surface area contributed by atoms with Crippen LogP contribution in [-0.2, 0) is 0 Å². The fourth-order valence-electron chi connectivity index (χ4n) is 3.24. The number of carbonyl (C=O) groups excluding carboxylic acids is 1. The van der Waals surface area contributed by atoms with Crippen molar-refractivity contribution in [2.75, 3.05) is 19.6 Å². The van der Waals surface area contributed by atoms with E-state index in [-0.39, 0.29) is 34.6 Å². The molecule has 0 aromatic heterocycles. The van der Waals surface area contributed by atoms with Gasteiger partial charge in [0.15, 0.2) is 0 Å². The monoisotopic (exact) mass is 345 g/mol. The molecule has 0 radical (unpaired) electrons. The van der Waals surface area contributed by atoms with Crippen LogP contribution in [0.25, 0.3) is 0 Å². The minimum atomic E-state index is -0.553. The van der Waals surface area contributed by atoms with Crippen LogP contribution in [0.15, 0.2) is 18.2 Å². The van der Waals surface area contributed by atoms with Crippen LogP contribution in [0.4, 0.5) is 5.69 Å². The molecule has 2 atom stereocenters. The first-order valence-electron chi connectivity index (χ1n) is 7.03. The molecule has 2 aliphatic heterocycles. The Labute approximate surface area is 139 Å². The van der Waals surface area contributed by atoms with E-state index in [4.69, 9.17) is 11.6 Å². The van der Waals surface area contributed by atoms with Gasteiger partial charge in [-0.05, 0) is 37.4 Å². The van der Waals surface area contributed by atoms with E-state index in [0.29, 0.717) is 25.0 Å². The first-order chi connectivity index (χ1) is 10.1. The molecule has 1 aromatic rings. The van der Waals surface area contributed by atoms with Crippen molar-refractivity contribution in [3.8, 4) is 0 Å². The zero-order valence-corrected chi connectivity index (χ0v) is 13.4. The fourth-order valence-corrected chi connectivity index (χ4v) is 3.41. The molecule has 8 heteroatoms. The average molecular weight is 346 g/mol. The summed E-state index contributed by atoms with van der Waals surface area (Å²) in [6, 6.07) is 4.68. The maximum atomic E-state index is 12.6. The molecule has 0 spiro atoms. The number of hydrogen-bond acceptors (Lipinski definition) is 4. The minimum Gasteiger partial charge on any atom is -0.338 e. The molecule has 2 unspecified atom stereocenters. The summed E-state index contributed by atoms with van der Waals surface area (Å²) in [6.45, 7) is 2.28. The van der Waals surface area contributed by atoms with Crippen molar-refractivity contribution < 1.29 is 9.72 Å². The lowest BCUT2D eigenvalue weighted by atomic mass is 9.93. The highest BCUT2D eigenvalue weighted by Crippen LogP contribution is 2.29. The molecule has 2 saturated heterocycles. The second-order valence-corrected chi connectivity index (χ2v) is 6.00. The molecule has 1 N–H and O–H groups in total. The number of amides is 1. The number of nitro benzene ring substituents is 1. The number of nitro groups is 1. The summed E-state index contributed by atoms with van der Waals surface area (Å²) in [5.41, 5.74) is -0.104. The lowest BCUT2D eigenvalue weighted by Gasteiger charge is -2.34. The predicted molar refractivity (Wildman–Crippen MR) is 85.8 cm³/mol. The van der Waals surface area contributed by atoms with Crippen molar-refractivity contribution in [1.82, 2.24) is 10.2 Å². The number of carbonyl (C=O) groups is 1. The Morgan fingerprint density at radius 1 is 1.41 bits per heavy atom. The van der Waals surface area contributed by atoms with Gasteiger partial charge in [-0.1, -0.05) is 11.6 Å². The summed E-state index contributed by atoms with van der Waals surface area (Å²) in [5, 5.41) is 14.8. The molecule has 1 aromatic carbocycles. The van der Waals surface area contributed by atoms with Crippen LogP contribution in [-0.4, -0.2) is 41.4 Å². The number of hydrogen-bond donors (Lipinski definition) is 1.